The molecule has 3 unspecified atom stereocenters. The van der Waals surface area contributed by atoms with Crippen molar-refractivity contribution >= 4 is 70.9 Å². The van der Waals surface area contributed by atoms with Crippen LogP contribution in [0.1, 0.15) is 89.2 Å². The second-order valence-electron chi connectivity index (χ2n) is 20.5. The Hall–Kier alpha value is -5.93. The second kappa shape index (κ2) is 48.1. The van der Waals surface area contributed by atoms with E-state index < -0.39 is 71.5 Å². The zero-order chi connectivity index (χ0) is 64.0. The number of ketones is 1. The quantitative estimate of drug-likeness (QED) is 0.0189. The van der Waals surface area contributed by atoms with Crippen LogP contribution in [0.2, 0.25) is 0 Å². The number of thioether (sulfide) groups is 1. The van der Waals surface area contributed by atoms with Gasteiger partial charge in [-0.05, 0) is 49.1 Å². The highest BCUT2D eigenvalue weighted by molar-refractivity contribution is 8.00. The number of rotatable bonds is 54. The van der Waals surface area contributed by atoms with Crippen LogP contribution in [0.3, 0.4) is 0 Å². The lowest BCUT2D eigenvalue weighted by atomic mass is 9.97. The molecule has 1 heterocycles. The number of esters is 1. The molecule has 1 saturated heterocycles. The number of urea groups is 1. The van der Waals surface area contributed by atoms with Gasteiger partial charge in [0.15, 0.2) is 5.78 Å². The van der Waals surface area contributed by atoms with Crippen molar-refractivity contribution < 1.29 is 95.4 Å². The minimum Gasteiger partial charge on any atom is -0.461 e. The molecule has 1 fully saturated rings. The van der Waals surface area contributed by atoms with Crippen LogP contribution in [0.4, 0.5) is 4.79 Å². The third kappa shape index (κ3) is 37.5. The zero-order valence-electron chi connectivity index (χ0n) is 51.0. The van der Waals surface area contributed by atoms with Crippen molar-refractivity contribution in [3.8, 4) is 0 Å². The van der Waals surface area contributed by atoms with Crippen molar-refractivity contribution in [2.24, 2.45) is 23.3 Å². The van der Waals surface area contributed by atoms with Crippen LogP contribution < -0.4 is 38.6 Å². The number of carbonyl (C=O) groups excluding carboxylic acids is 10. The number of nitrogens with one attached hydrogen (secondary N) is 4. The molecule has 87 heavy (non-hydrogen) atoms. The highest BCUT2D eigenvalue weighted by Crippen LogP contribution is 2.26. The fourth-order valence-electron chi connectivity index (χ4n) is 8.00. The number of unbranched alkanes of at least 4 members (excludes halogenated alkanes) is 2. The molecule has 0 radical (unpaired) electrons. The Balaban J connectivity index is 1.60. The summed E-state index contributed by atoms with van der Waals surface area (Å²) in [7, 11) is 3.42. The fourth-order valence-corrected chi connectivity index (χ4v) is 9.20. The van der Waals surface area contributed by atoms with Crippen LogP contribution in [0, 0.1) is 5.92 Å². The maximum absolute atomic E-state index is 13.7. The maximum atomic E-state index is 13.7. The Morgan fingerprint density at radius 2 is 1.17 bits per heavy atom. The lowest BCUT2D eigenvalue weighted by molar-refractivity contribution is -0.145. The Morgan fingerprint density at radius 3 is 1.69 bits per heavy atom. The predicted molar refractivity (Wildman–Crippen MR) is 317 cm³/mol. The van der Waals surface area contributed by atoms with Gasteiger partial charge >= 0.3 is 12.0 Å². The number of imide groups is 1. The van der Waals surface area contributed by atoms with Gasteiger partial charge in [-0.3, -0.25) is 52.9 Å². The molecule has 0 saturated carbocycles. The number of amides is 9. The molecule has 9 amide bonds. The Morgan fingerprint density at radius 1 is 0.632 bits per heavy atom. The number of nitrogens with two attached hydrogens (primary N) is 3. The molecule has 1 aromatic rings. The first kappa shape index (κ1) is 77.2. The lowest BCUT2D eigenvalue weighted by Gasteiger charge is -2.25. The Labute approximate surface area is 514 Å². The van der Waals surface area contributed by atoms with Crippen LogP contribution in [-0.4, -0.2) is 238 Å². The molecule has 1 aliphatic rings. The largest absolute Gasteiger partial charge is 0.461 e. The van der Waals surface area contributed by atoms with Crippen LogP contribution in [0.5, 0.6) is 0 Å². The second-order valence-corrected chi connectivity index (χ2v) is 21.7. The molecule has 494 valence electrons. The van der Waals surface area contributed by atoms with Gasteiger partial charge in [-0.1, -0.05) is 44.5 Å². The minimum atomic E-state index is -1.11. The van der Waals surface area contributed by atoms with Crippen molar-refractivity contribution in [1.29, 1.82) is 0 Å². The van der Waals surface area contributed by atoms with E-state index in [1.54, 1.807) is 52.2 Å². The first-order chi connectivity index (χ1) is 41.8. The lowest BCUT2D eigenvalue weighted by Crippen LogP contribution is -2.54. The fraction of sp³-hybridized carbons (Fsp3) is 0.719. The van der Waals surface area contributed by atoms with Gasteiger partial charge in [-0.15, -0.1) is 11.8 Å². The average Bonchev–Trinajstić information content (AvgIpc) is 4.03. The Kier molecular flexibility index (Phi) is 42.6. The van der Waals surface area contributed by atoms with Gasteiger partial charge in [-0.25, -0.2) is 10.7 Å². The first-order valence-electron chi connectivity index (χ1n) is 29.4. The molecule has 1 aliphatic heterocycles. The van der Waals surface area contributed by atoms with E-state index in [1.807, 2.05) is 0 Å². The molecule has 2 rings (SSSR count). The summed E-state index contributed by atoms with van der Waals surface area (Å²) in [6.07, 6.45) is 2.65. The minimum absolute atomic E-state index is 0.0244. The van der Waals surface area contributed by atoms with Gasteiger partial charge in [0.05, 0.1) is 117 Å². The average molecular weight is 1260 g/mol. The zero-order valence-corrected chi connectivity index (χ0v) is 51.8. The number of ether oxygens (including phenoxy) is 9. The van der Waals surface area contributed by atoms with Gasteiger partial charge in [0.2, 0.25) is 41.4 Å². The number of Topliss-reactive ketones (excluding diaryl/α,β-unsaturated/α-hetero) is 1. The number of likely N-dealkylation sites (tertiary alicyclic amines) is 1. The monoisotopic (exact) mass is 1260 g/mol. The molecule has 10 N–H and O–H groups in total. The van der Waals surface area contributed by atoms with Crippen LogP contribution >= 0.6 is 11.8 Å². The predicted octanol–water partition coefficient (Wildman–Crippen LogP) is -0.412. The van der Waals surface area contributed by atoms with E-state index in [9.17, 15) is 47.9 Å². The molecule has 0 bridgehead atoms. The number of hydrogen-bond acceptors (Lipinski definition) is 22. The molecule has 0 aliphatic carbocycles. The summed E-state index contributed by atoms with van der Waals surface area (Å²) in [5, 5.41) is 9.66. The summed E-state index contributed by atoms with van der Waals surface area (Å²) in [6.45, 7) is 9.93. The smallest absolute Gasteiger partial charge is 0.312 e. The van der Waals surface area contributed by atoms with Crippen LogP contribution in [0.15, 0.2) is 24.3 Å². The van der Waals surface area contributed by atoms with Crippen LogP contribution in [0.25, 0.3) is 0 Å². The van der Waals surface area contributed by atoms with Gasteiger partial charge in [-0.2, -0.15) is 0 Å². The summed E-state index contributed by atoms with van der Waals surface area (Å²) in [5.41, 5.74) is 11.9. The van der Waals surface area contributed by atoms with E-state index in [1.165, 1.54) is 4.90 Å². The summed E-state index contributed by atoms with van der Waals surface area (Å²) in [5.74, 6) is 0.523. The summed E-state index contributed by atoms with van der Waals surface area (Å²) < 4.78 is 49.3. The maximum Gasteiger partial charge on any atom is 0.312 e. The third-order valence-corrected chi connectivity index (χ3v) is 14.1. The summed E-state index contributed by atoms with van der Waals surface area (Å²) >= 11 is 1.02. The molecule has 4 atom stereocenters. The van der Waals surface area contributed by atoms with Gasteiger partial charge in [0.1, 0.15) is 25.3 Å². The number of hydrogen-bond donors (Lipinski definition) is 7. The molecular weight excluding hydrogens is 1160 g/mol. The first-order valence-corrected chi connectivity index (χ1v) is 30.4. The van der Waals surface area contributed by atoms with E-state index in [-0.39, 0.29) is 81.1 Å². The molecular formula is C57H95N9O20S. The molecule has 1 aromatic carbocycles. The molecule has 0 spiro atoms. The molecule has 30 heteroatoms. The molecule has 0 aromatic heterocycles. The van der Waals surface area contributed by atoms with E-state index >= 15 is 0 Å². The van der Waals surface area contributed by atoms with E-state index in [0.29, 0.717) is 155 Å². The standard InChI is InChI=1S/C57H95N9O20S/c1-41(2)53(64-48(68)11-6-5-7-19-66-51(71)37-47(56(66)75)87-40-45(54(58)73)62-49(69)39-86-60)55(74)63-44(10-8-18-61-57(59)76)46(67)36-42-13-15-43(16-14-42)38-85-52(72)12-9-20-77-22-24-79-26-28-81-30-32-83-34-35-84-33-31-82-29-27-80-25-23-78-21-17-50(70)65(3)4/h13-16,41,44-45,47,53H,5-12,17-40,60H2,1-4H3,(H2,58,73)(H,62,69)(H,63,74)(H,64,68)(H3,59,61,76)/t44?,45?,47?,53-/m0/s1. The highest BCUT2D eigenvalue weighted by atomic mass is 32.2. The number of primary amides is 2. The summed E-state index contributed by atoms with van der Waals surface area (Å²) in [4.78, 5) is 132. The number of nitrogens with zero attached hydrogens (tertiary/aromatic N) is 2. The number of carbonyl (C=O) groups is 10. The SMILES string of the molecule is CC(C)[C@H](NC(=O)CCCCCN1C(=O)CC(SCC(NC(=O)CON)C(N)=O)C1=O)C(=O)NC(CCCNC(N)=O)C(=O)Cc1ccc(COC(=O)CCCOCCOCCOCCOCCOCCOCCOCCOCCC(=O)N(C)C)cc1. The third-order valence-electron chi connectivity index (χ3n) is 12.8. The normalized spacial score (nSPS) is 14.1. The van der Waals surface area contributed by atoms with E-state index in [0.717, 1.165) is 16.7 Å². The van der Waals surface area contributed by atoms with Crippen molar-refractivity contribution in [2.75, 3.05) is 145 Å². The van der Waals surface area contributed by atoms with Crippen molar-refractivity contribution in [2.45, 2.75) is 114 Å². The van der Waals surface area contributed by atoms with Crippen LogP contribution in [-0.2, 0) is 104 Å². The number of benzene rings is 1. The van der Waals surface area contributed by atoms with Gasteiger partial charge in [0.25, 0.3) is 0 Å². The highest BCUT2D eigenvalue weighted by Gasteiger charge is 2.39. The van der Waals surface area contributed by atoms with Gasteiger partial charge in [0, 0.05) is 65.2 Å². The topological polar surface area (TPSA) is 396 Å². The van der Waals surface area contributed by atoms with Crippen molar-refractivity contribution in [3.63, 3.8) is 0 Å². The van der Waals surface area contributed by atoms with Crippen molar-refractivity contribution in [1.82, 2.24) is 31.1 Å². The molecule has 29 nitrogen and oxygen atoms in total. The van der Waals surface area contributed by atoms with E-state index in [4.69, 9.17) is 60.0 Å². The van der Waals surface area contributed by atoms with Crippen molar-refractivity contribution in [3.05, 3.63) is 35.4 Å². The van der Waals surface area contributed by atoms with E-state index in [2.05, 4.69) is 26.1 Å². The Bertz CT molecular complexity index is 2200. The van der Waals surface area contributed by atoms with Gasteiger partial charge < -0.3 is 80.3 Å². The summed E-state index contributed by atoms with van der Waals surface area (Å²) in [6, 6.07) is 3.14.